The molecule has 0 spiro atoms. The molecule has 0 aromatic carbocycles. The van der Waals surface area contributed by atoms with Crippen LogP contribution in [0.3, 0.4) is 0 Å². The van der Waals surface area contributed by atoms with Crippen molar-refractivity contribution in [3.63, 3.8) is 0 Å². The van der Waals surface area contributed by atoms with Gasteiger partial charge in [-0.3, -0.25) is 9.89 Å². The Kier molecular flexibility index (Phi) is 3.75. The monoisotopic (exact) mass is 293 g/mol. The van der Waals surface area contributed by atoms with E-state index < -0.39 is 5.60 Å². The first-order valence-corrected chi connectivity index (χ1v) is 7.72. The first kappa shape index (κ1) is 14.5. The van der Waals surface area contributed by atoms with E-state index in [1.165, 1.54) is 0 Å². The van der Waals surface area contributed by atoms with Crippen molar-refractivity contribution >= 4 is 5.91 Å². The highest BCUT2D eigenvalue weighted by atomic mass is 16.5. The zero-order chi connectivity index (χ0) is 15.0. The van der Waals surface area contributed by atoms with E-state index in [0.29, 0.717) is 18.7 Å². The third-order valence-corrected chi connectivity index (χ3v) is 4.56. The SMILES string of the molecule is C[C@@H]1Cc2c(C(=O)NCC3(O)CCCC3)n[nH]c2[C@H](C)O1. The van der Waals surface area contributed by atoms with Crippen molar-refractivity contribution in [3.8, 4) is 0 Å². The van der Waals surface area contributed by atoms with Crippen LogP contribution in [0.25, 0.3) is 0 Å². The number of amides is 1. The Labute approximate surface area is 124 Å². The molecule has 3 N–H and O–H groups in total. The molecule has 2 heterocycles. The lowest BCUT2D eigenvalue weighted by Crippen LogP contribution is -2.41. The number of rotatable bonds is 3. The van der Waals surface area contributed by atoms with Gasteiger partial charge in [-0.15, -0.1) is 0 Å². The van der Waals surface area contributed by atoms with Gasteiger partial charge < -0.3 is 15.2 Å². The van der Waals surface area contributed by atoms with Crippen LogP contribution in [0.1, 0.15) is 67.4 Å². The summed E-state index contributed by atoms with van der Waals surface area (Å²) in [5.74, 6) is -0.214. The Morgan fingerprint density at radius 2 is 2.19 bits per heavy atom. The first-order chi connectivity index (χ1) is 9.98. The molecule has 1 fully saturated rings. The fraction of sp³-hybridized carbons (Fsp3) is 0.733. The maximum Gasteiger partial charge on any atom is 0.272 e. The Bertz CT molecular complexity index is 534. The lowest BCUT2D eigenvalue weighted by Gasteiger charge is -2.25. The molecule has 1 aliphatic carbocycles. The Balaban J connectivity index is 1.71. The van der Waals surface area contributed by atoms with Gasteiger partial charge in [-0.05, 0) is 26.7 Å². The van der Waals surface area contributed by atoms with E-state index in [-0.39, 0.29) is 18.1 Å². The van der Waals surface area contributed by atoms with Gasteiger partial charge in [0.25, 0.3) is 5.91 Å². The van der Waals surface area contributed by atoms with Crippen LogP contribution >= 0.6 is 0 Å². The van der Waals surface area contributed by atoms with Gasteiger partial charge in [0.05, 0.1) is 23.5 Å². The molecule has 1 aromatic heterocycles. The summed E-state index contributed by atoms with van der Waals surface area (Å²) >= 11 is 0. The molecule has 1 aromatic rings. The van der Waals surface area contributed by atoms with Crippen LogP contribution in [0.2, 0.25) is 0 Å². The van der Waals surface area contributed by atoms with E-state index in [0.717, 1.165) is 36.9 Å². The van der Waals surface area contributed by atoms with Crippen molar-refractivity contribution in [2.24, 2.45) is 0 Å². The molecule has 1 aliphatic heterocycles. The summed E-state index contributed by atoms with van der Waals surface area (Å²) in [6, 6.07) is 0. The topological polar surface area (TPSA) is 87.2 Å². The van der Waals surface area contributed by atoms with Crippen LogP contribution in [0.15, 0.2) is 0 Å². The summed E-state index contributed by atoms with van der Waals surface area (Å²) in [6.45, 7) is 4.25. The summed E-state index contributed by atoms with van der Waals surface area (Å²) < 4.78 is 5.72. The number of aromatic nitrogens is 2. The number of hydrogen-bond acceptors (Lipinski definition) is 4. The van der Waals surface area contributed by atoms with Gasteiger partial charge in [-0.25, -0.2) is 0 Å². The highest BCUT2D eigenvalue weighted by Gasteiger charge is 2.33. The molecule has 6 nitrogen and oxygen atoms in total. The third kappa shape index (κ3) is 2.82. The fourth-order valence-corrected chi connectivity index (χ4v) is 3.40. The van der Waals surface area contributed by atoms with Crippen LogP contribution in [0.5, 0.6) is 0 Å². The number of carbonyl (C=O) groups excluding carboxylic acids is 1. The summed E-state index contributed by atoms with van der Waals surface area (Å²) in [6.07, 6.45) is 4.25. The Morgan fingerprint density at radius 3 is 2.90 bits per heavy atom. The molecule has 3 rings (SSSR count). The summed E-state index contributed by atoms with van der Waals surface area (Å²) in [5, 5.41) is 20.2. The normalized spacial score (nSPS) is 27.4. The van der Waals surface area contributed by atoms with E-state index >= 15 is 0 Å². The number of nitrogens with one attached hydrogen (secondary N) is 2. The predicted molar refractivity (Wildman–Crippen MR) is 77.0 cm³/mol. The Hall–Kier alpha value is -1.40. The average Bonchev–Trinajstić information content (AvgIpc) is 3.03. The number of hydrogen-bond donors (Lipinski definition) is 3. The summed E-state index contributed by atoms with van der Waals surface area (Å²) in [5.41, 5.74) is 1.53. The maximum atomic E-state index is 12.3. The third-order valence-electron chi connectivity index (χ3n) is 4.56. The second kappa shape index (κ2) is 5.42. The van der Waals surface area contributed by atoms with Crippen LogP contribution in [0.4, 0.5) is 0 Å². The number of aliphatic hydroxyl groups is 1. The van der Waals surface area contributed by atoms with Crippen LogP contribution in [0, 0.1) is 0 Å². The van der Waals surface area contributed by atoms with Gasteiger partial charge in [-0.1, -0.05) is 12.8 Å². The van der Waals surface area contributed by atoms with Crippen LogP contribution in [-0.2, 0) is 11.2 Å². The van der Waals surface area contributed by atoms with Crippen molar-refractivity contribution in [2.75, 3.05) is 6.54 Å². The van der Waals surface area contributed by atoms with Crippen molar-refractivity contribution in [2.45, 2.75) is 63.8 Å². The minimum absolute atomic E-state index is 0.0724. The number of carbonyl (C=O) groups is 1. The second-order valence-corrected chi connectivity index (χ2v) is 6.37. The molecule has 0 unspecified atom stereocenters. The standard InChI is InChI=1S/C15H23N3O3/c1-9-7-11-12(10(2)21-9)17-18-13(11)14(19)16-8-15(20)5-3-4-6-15/h9-10,20H,3-8H2,1-2H3,(H,16,19)(H,17,18)/t9-,10+/m1/s1. The molecule has 21 heavy (non-hydrogen) atoms. The molecule has 0 bridgehead atoms. The van der Waals surface area contributed by atoms with E-state index in [1.807, 2.05) is 13.8 Å². The number of fused-ring (bicyclic) bond motifs is 1. The van der Waals surface area contributed by atoms with Gasteiger partial charge in [0.2, 0.25) is 0 Å². The average molecular weight is 293 g/mol. The molecule has 6 heteroatoms. The highest BCUT2D eigenvalue weighted by molar-refractivity contribution is 5.94. The van der Waals surface area contributed by atoms with Crippen molar-refractivity contribution in [3.05, 3.63) is 17.0 Å². The second-order valence-electron chi connectivity index (χ2n) is 6.37. The number of H-pyrrole nitrogens is 1. The van der Waals surface area contributed by atoms with Crippen molar-refractivity contribution in [1.29, 1.82) is 0 Å². The molecular weight excluding hydrogens is 270 g/mol. The molecule has 2 atom stereocenters. The first-order valence-electron chi connectivity index (χ1n) is 7.72. The van der Waals surface area contributed by atoms with E-state index in [1.54, 1.807) is 0 Å². The minimum Gasteiger partial charge on any atom is -0.388 e. The van der Waals surface area contributed by atoms with Gasteiger partial charge in [0.1, 0.15) is 0 Å². The predicted octanol–water partition coefficient (Wildman–Crippen LogP) is 1.47. The van der Waals surface area contributed by atoms with Crippen molar-refractivity contribution in [1.82, 2.24) is 15.5 Å². The van der Waals surface area contributed by atoms with Crippen LogP contribution < -0.4 is 5.32 Å². The zero-order valence-corrected chi connectivity index (χ0v) is 12.6. The van der Waals surface area contributed by atoms with E-state index in [2.05, 4.69) is 15.5 Å². The number of nitrogens with zero attached hydrogens (tertiary/aromatic N) is 1. The molecule has 1 saturated carbocycles. The number of aromatic amines is 1. The van der Waals surface area contributed by atoms with Crippen LogP contribution in [-0.4, -0.2) is 39.5 Å². The minimum atomic E-state index is -0.740. The lowest BCUT2D eigenvalue weighted by atomic mass is 9.99. The summed E-state index contributed by atoms with van der Waals surface area (Å²) in [4.78, 5) is 12.3. The molecule has 2 aliphatic rings. The van der Waals surface area contributed by atoms with Gasteiger partial charge in [-0.2, -0.15) is 5.10 Å². The molecule has 1 amide bonds. The number of ether oxygens (including phenoxy) is 1. The quantitative estimate of drug-likeness (QED) is 0.787. The van der Waals surface area contributed by atoms with Crippen molar-refractivity contribution < 1.29 is 14.6 Å². The smallest absolute Gasteiger partial charge is 0.272 e. The molecule has 0 radical (unpaired) electrons. The van der Waals surface area contributed by atoms with Gasteiger partial charge >= 0.3 is 0 Å². The molecule has 0 saturated heterocycles. The zero-order valence-electron chi connectivity index (χ0n) is 12.6. The largest absolute Gasteiger partial charge is 0.388 e. The Morgan fingerprint density at radius 1 is 1.48 bits per heavy atom. The fourth-order valence-electron chi connectivity index (χ4n) is 3.40. The molecular formula is C15H23N3O3. The van der Waals surface area contributed by atoms with Gasteiger partial charge in [0, 0.05) is 18.5 Å². The maximum absolute atomic E-state index is 12.3. The lowest BCUT2D eigenvalue weighted by molar-refractivity contribution is -0.00700. The van der Waals surface area contributed by atoms with E-state index in [9.17, 15) is 9.90 Å². The summed E-state index contributed by atoms with van der Waals surface area (Å²) in [7, 11) is 0. The van der Waals surface area contributed by atoms with E-state index in [4.69, 9.17) is 4.74 Å². The highest BCUT2D eigenvalue weighted by Crippen LogP contribution is 2.31. The molecule has 116 valence electrons. The van der Waals surface area contributed by atoms with Gasteiger partial charge in [0.15, 0.2) is 5.69 Å².